The van der Waals surface area contributed by atoms with Gasteiger partial charge in [0, 0.05) is 0 Å². The van der Waals surface area contributed by atoms with E-state index in [2.05, 4.69) is 15.9 Å². The minimum absolute atomic E-state index is 0.108. The van der Waals surface area contributed by atoms with Crippen LogP contribution in [0.25, 0.3) is 0 Å². The molecule has 0 saturated carbocycles. The minimum atomic E-state index is -0.651. The molecule has 0 heterocycles. The molecule has 0 aliphatic rings. The van der Waals surface area contributed by atoms with Crippen molar-refractivity contribution >= 4 is 39.3 Å². The first kappa shape index (κ1) is 16.5. The van der Waals surface area contributed by atoms with Gasteiger partial charge in [-0.3, -0.25) is 4.79 Å². The number of ketones is 1. The number of carbonyl (C=O) groups is 2. The van der Waals surface area contributed by atoms with Crippen LogP contribution in [-0.2, 0) is 0 Å². The van der Waals surface area contributed by atoms with Crippen molar-refractivity contribution in [2.24, 2.45) is 0 Å². The van der Waals surface area contributed by atoms with Crippen LogP contribution >= 0.6 is 27.5 Å². The van der Waals surface area contributed by atoms with Crippen molar-refractivity contribution in [2.45, 2.75) is 6.92 Å². The molecule has 0 amide bonds. The fourth-order valence-corrected chi connectivity index (χ4v) is 2.54. The first-order valence-electron chi connectivity index (χ1n) is 6.29. The molecule has 0 fully saturated rings. The lowest BCUT2D eigenvalue weighted by Gasteiger charge is -2.14. The van der Waals surface area contributed by atoms with E-state index in [1.807, 2.05) is 0 Å². The molecule has 0 aromatic heterocycles. The molecule has 0 saturated heterocycles. The number of halogens is 2. The van der Waals surface area contributed by atoms with E-state index in [9.17, 15) is 9.59 Å². The van der Waals surface area contributed by atoms with Gasteiger partial charge >= 0.3 is 5.97 Å². The molecule has 114 valence electrons. The fourth-order valence-electron chi connectivity index (χ4n) is 1.92. The van der Waals surface area contributed by atoms with Gasteiger partial charge in [-0.15, -0.1) is 0 Å². The summed E-state index contributed by atoms with van der Waals surface area (Å²) in [5.41, 5.74) is 0.408. The largest absolute Gasteiger partial charge is 0.496 e. The highest BCUT2D eigenvalue weighted by atomic mass is 79.9. The zero-order valence-corrected chi connectivity index (χ0v) is 14.2. The third kappa shape index (κ3) is 3.31. The average Bonchev–Trinajstić information content (AvgIpc) is 2.49. The van der Waals surface area contributed by atoms with E-state index < -0.39 is 5.97 Å². The summed E-state index contributed by atoms with van der Waals surface area (Å²) in [7, 11) is 1.44. The second-order valence-corrected chi connectivity index (χ2v) is 5.64. The first-order chi connectivity index (χ1) is 10.5. The van der Waals surface area contributed by atoms with E-state index in [0.717, 1.165) is 0 Å². The van der Waals surface area contributed by atoms with Gasteiger partial charge in [-0.2, -0.15) is 0 Å². The van der Waals surface area contributed by atoms with Gasteiger partial charge < -0.3 is 9.47 Å². The summed E-state index contributed by atoms with van der Waals surface area (Å²) in [4.78, 5) is 24.1. The highest BCUT2D eigenvalue weighted by Crippen LogP contribution is 2.36. The summed E-state index contributed by atoms with van der Waals surface area (Å²) >= 11 is 9.26. The molecule has 0 bridgehead atoms. The summed E-state index contributed by atoms with van der Waals surface area (Å²) in [6.07, 6.45) is 0. The van der Waals surface area contributed by atoms with Crippen molar-refractivity contribution in [1.29, 1.82) is 0 Å². The predicted octanol–water partition coefficient (Wildman–Crippen LogP) is 4.53. The Balaban J connectivity index is 2.47. The Morgan fingerprint density at radius 3 is 2.41 bits per heavy atom. The molecule has 22 heavy (non-hydrogen) atoms. The average molecular weight is 384 g/mol. The van der Waals surface area contributed by atoms with E-state index in [4.69, 9.17) is 21.1 Å². The van der Waals surface area contributed by atoms with Crippen molar-refractivity contribution in [3.05, 3.63) is 57.0 Å². The van der Waals surface area contributed by atoms with Gasteiger partial charge in [-0.1, -0.05) is 23.7 Å². The normalized spacial score (nSPS) is 10.2. The van der Waals surface area contributed by atoms with Gasteiger partial charge in [0.2, 0.25) is 0 Å². The molecule has 2 rings (SSSR count). The monoisotopic (exact) mass is 382 g/mol. The third-order valence-electron chi connectivity index (χ3n) is 2.93. The van der Waals surface area contributed by atoms with Crippen molar-refractivity contribution in [3.8, 4) is 11.5 Å². The number of methoxy groups -OCH3 is 1. The van der Waals surface area contributed by atoms with Gasteiger partial charge in [0.05, 0.1) is 22.2 Å². The molecule has 0 spiro atoms. The second kappa shape index (κ2) is 6.94. The Hall–Kier alpha value is -1.85. The summed E-state index contributed by atoms with van der Waals surface area (Å²) in [6.45, 7) is 1.37. The topological polar surface area (TPSA) is 52.6 Å². The molecule has 2 aromatic rings. The van der Waals surface area contributed by atoms with Crippen LogP contribution in [0.4, 0.5) is 0 Å². The van der Waals surface area contributed by atoms with Gasteiger partial charge in [-0.25, -0.2) is 4.79 Å². The number of carbonyl (C=O) groups excluding carboxylic acids is 2. The molecular formula is C16H12BrClO4. The Labute approximate surface area is 141 Å². The van der Waals surface area contributed by atoms with Crippen molar-refractivity contribution in [1.82, 2.24) is 0 Å². The number of rotatable bonds is 4. The van der Waals surface area contributed by atoms with E-state index in [0.29, 0.717) is 10.2 Å². The predicted molar refractivity (Wildman–Crippen MR) is 87.1 cm³/mol. The Morgan fingerprint density at radius 2 is 1.82 bits per heavy atom. The summed E-state index contributed by atoms with van der Waals surface area (Å²) in [5.74, 6) is -0.489. The summed E-state index contributed by atoms with van der Waals surface area (Å²) < 4.78 is 11.0. The Morgan fingerprint density at radius 1 is 1.14 bits per heavy atom. The number of ether oxygens (including phenoxy) is 2. The van der Waals surface area contributed by atoms with Crippen LogP contribution in [0.5, 0.6) is 11.5 Å². The molecular weight excluding hydrogens is 372 g/mol. The van der Waals surface area contributed by atoms with Crippen molar-refractivity contribution < 1.29 is 19.1 Å². The van der Waals surface area contributed by atoms with Gasteiger partial charge in [0.1, 0.15) is 11.3 Å². The molecule has 0 N–H and O–H groups in total. The van der Waals surface area contributed by atoms with E-state index in [1.165, 1.54) is 14.0 Å². The number of benzene rings is 2. The fraction of sp³-hybridized carbons (Fsp3) is 0.125. The zero-order chi connectivity index (χ0) is 16.3. The van der Waals surface area contributed by atoms with Crippen LogP contribution in [0.1, 0.15) is 27.6 Å². The van der Waals surface area contributed by atoms with E-state index >= 15 is 0 Å². The molecule has 0 aliphatic carbocycles. The van der Waals surface area contributed by atoms with Crippen molar-refractivity contribution in [2.75, 3.05) is 7.11 Å². The molecule has 4 nitrogen and oxygen atoms in total. The standard InChI is InChI=1S/C16H12BrClO4/c1-9(19)14-13(21-2)8-7-11(17)15(14)22-16(20)10-5-3-4-6-12(10)18/h3-8H,1-2H3. The molecule has 0 atom stereocenters. The number of Topliss-reactive ketones (excluding diaryl/α,β-unsaturated/α-hetero) is 1. The Bertz CT molecular complexity index is 743. The molecule has 0 aliphatic heterocycles. The summed E-state index contributed by atoms with van der Waals surface area (Å²) in [6, 6.07) is 9.78. The van der Waals surface area contributed by atoms with Gasteiger partial charge in [0.15, 0.2) is 11.5 Å². The number of hydrogen-bond acceptors (Lipinski definition) is 4. The van der Waals surface area contributed by atoms with E-state index in [-0.39, 0.29) is 27.7 Å². The molecule has 2 aromatic carbocycles. The second-order valence-electron chi connectivity index (χ2n) is 4.38. The molecule has 0 unspecified atom stereocenters. The lowest BCUT2D eigenvalue weighted by molar-refractivity contribution is 0.0731. The van der Waals surface area contributed by atoms with Crippen LogP contribution in [0, 0.1) is 0 Å². The lowest BCUT2D eigenvalue weighted by Crippen LogP contribution is -2.12. The minimum Gasteiger partial charge on any atom is -0.496 e. The van der Waals surface area contributed by atoms with Crippen LogP contribution in [0.15, 0.2) is 40.9 Å². The lowest BCUT2D eigenvalue weighted by atomic mass is 10.1. The maximum Gasteiger partial charge on any atom is 0.345 e. The highest BCUT2D eigenvalue weighted by Gasteiger charge is 2.22. The first-order valence-corrected chi connectivity index (χ1v) is 7.47. The zero-order valence-electron chi connectivity index (χ0n) is 11.9. The van der Waals surface area contributed by atoms with Crippen LogP contribution < -0.4 is 9.47 Å². The van der Waals surface area contributed by atoms with Crippen LogP contribution in [0.2, 0.25) is 5.02 Å². The number of hydrogen-bond donors (Lipinski definition) is 0. The SMILES string of the molecule is COc1ccc(Br)c(OC(=O)c2ccccc2Cl)c1C(C)=O. The smallest absolute Gasteiger partial charge is 0.345 e. The van der Waals surface area contributed by atoms with Gasteiger partial charge in [0.25, 0.3) is 0 Å². The third-order valence-corrected chi connectivity index (χ3v) is 3.89. The Kier molecular flexibility index (Phi) is 5.21. The highest BCUT2D eigenvalue weighted by molar-refractivity contribution is 9.10. The van der Waals surface area contributed by atoms with Crippen LogP contribution in [-0.4, -0.2) is 18.9 Å². The maximum absolute atomic E-state index is 12.3. The molecule has 6 heteroatoms. The molecule has 0 radical (unpaired) electrons. The van der Waals surface area contributed by atoms with Gasteiger partial charge in [-0.05, 0) is 47.1 Å². The van der Waals surface area contributed by atoms with E-state index in [1.54, 1.807) is 36.4 Å². The van der Waals surface area contributed by atoms with Crippen LogP contribution in [0.3, 0.4) is 0 Å². The summed E-state index contributed by atoms with van der Waals surface area (Å²) in [5, 5.41) is 0.274. The maximum atomic E-state index is 12.3. The quantitative estimate of drug-likeness (QED) is 0.442. The van der Waals surface area contributed by atoms with Crippen molar-refractivity contribution in [3.63, 3.8) is 0 Å². The number of esters is 1.